The van der Waals surface area contributed by atoms with Crippen molar-refractivity contribution in [3.05, 3.63) is 58.6 Å². The van der Waals surface area contributed by atoms with Crippen LogP contribution in [0.2, 0.25) is 5.02 Å². The molecular formula is C23H29ClN2O3. The van der Waals surface area contributed by atoms with E-state index in [9.17, 15) is 9.90 Å². The standard InChI is InChI=1S/C23H29ClN2O3/c1-2-3-4-5-6-7-10-15-29-22-14-13-18(16-20(22)24)17-25-26-21-12-9-8-11-19(21)23(27)28/h8-9,11-14,16-17,26H,2-7,10,15H2,1H3,(H,27,28). The van der Waals surface area contributed by atoms with E-state index in [1.165, 1.54) is 44.6 Å². The number of nitrogens with one attached hydrogen (secondary N) is 1. The first-order valence-electron chi connectivity index (χ1n) is 10.2. The van der Waals surface area contributed by atoms with Gasteiger partial charge in [-0.2, -0.15) is 5.10 Å². The third-order valence-corrected chi connectivity index (χ3v) is 4.81. The molecule has 2 aromatic rings. The van der Waals surface area contributed by atoms with E-state index in [1.54, 1.807) is 30.5 Å². The number of rotatable bonds is 13. The minimum Gasteiger partial charge on any atom is -0.492 e. The van der Waals surface area contributed by atoms with Gasteiger partial charge >= 0.3 is 5.97 Å². The summed E-state index contributed by atoms with van der Waals surface area (Å²) in [6, 6.07) is 12.1. The average molecular weight is 417 g/mol. The summed E-state index contributed by atoms with van der Waals surface area (Å²) in [5, 5.41) is 13.8. The van der Waals surface area contributed by atoms with E-state index in [2.05, 4.69) is 17.5 Å². The molecule has 0 saturated heterocycles. The molecule has 0 radical (unpaired) electrons. The van der Waals surface area contributed by atoms with Crippen molar-refractivity contribution in [3.8, 4) is 5.75 Å². The molecule has 0 atom stereocenters. The Morgan fingerprint density at radius 2 is 1.83 bits per heavy atom. The third-order valence-electron chi connectivity index (χ3n) is 4.52. The number of hydrogen-bond acceptors (Lipinski definition) is 4. The zero-order valence-corrected chi connectivity index (χ0v) is 17.6. The molecule has 0 heterocycles. The monoisotopic (exact) mass is 416 g/mol. The minimum absolute atomic E-state index is 0.164. The van der Waals surface area contributed by atoms with Crippen molar-refractivity contribution in [1.82, 2.24) is 0 Å². The highest BCUT2D eigenvalue weighted by atomic mass is 35.5. The summed E-state index contributed by atoms with van der Waals surface area (Å²) >= 11 is 6.30. The number of hydrazone groups is 1. The predicted octanol–water partition coefficient (Wildman–Crippen LogP) is 6.61. The maximum absolute atomic E-state index is 11.2. The Kier molecular flexibility index (Phi) is 10.1. The molecule has 29 heavy (non-hydrogen) atoms. The van der Waals surface area contributed by atoms with Gasteiger partial charge in [0.05, 0.1) is 29.1 Å². The highest BCUT2D eigenvalue weighted by molar-refractivity contribution is 6.32. The van der Waals surface area contributed by atoms with Crippen molar-refractivity contribution in [2.75, 3.05) is 12.0 Å². The Labute approximate surface area is 177 Å². The lowest BCUT2D eigenvalue weighted by atomic mass is 10.1. The zero-order chi connectivity index (χ0) is 20.9. The van der Waals surface area contributed by atoms with Gasteiger partial charge in [0.2, 0.25) is 0 Å². The summed E-state index contributed by atoms with van der Waals surface area (Å²) in [5.41, 5.74) is 4.14. The van der Waals surface area contributed by atoms with Gasteiger partial charge in [0, 0.05) is 0 Å². The summed E-state index contributed by atoms with van der Waals surface area (Å²) in [6.07, 6.45) is 10.3. The van der Waals surface area contributed by atoms with Crippen LogP contribution in [0.4, 0.5) is 5.69 Å². The number of unbranched alkanes of at least 4 members (excludes halogenated alkanes) is 6. The van der Waals surface area contributed by atoms with E-state index < -0.39 is 5.97 Å². The summed E-state index contributed by atoms with van der Waals surface area (Å²) in [5.74, 6) is -0.340. The molecule has 2 N–H and O–H groups in total. The fourth-order valence-electron chi connectivity index (χ4n) is 2.90. The van der Waals surface area contributed by atoms with Crippen molar-refractivity contribution < 1.29 is 14.6 Å². The van der Waals surface area contributed by atoms with E-state index in [1.807, 2.05) is 12.1 Å². The average Bonchev–Trinajstić information content (AvgIpc) is 2.71. The highest BCUT2D eigenvalue weighted by Crippen LogP contribution is 2.25. The SMILES string of the molecule is CCCCCCCCCOc1ccc(C=NNc2ccccc2C(=O)O)cc1Cl. The summed E-state index contributed by atoms with van der Waals surface area (Å²) < 4.78 is 5.78. The van der Waals surface area contributed by atoms with E-state index in [-0.39, 0.29) is 5.56 Å². The first-order chi connectivity index (χ1) is 14.1. The second-order valence-corrected chi connectivity index (χ2v) is 7.29. The van der Waals surface area contributed by atoms with Crippen molar-refractivity contribution in [2.24, 2.45) is 5.10 Å². The normalized spacial score (nSPS) is 11.0. The van der Waals surface area contributed by atoms with Gasteiger partial charge in [-0.05, 0) is 42.3 Å². The number of benzene rings is 2. The smallest absolute Gasteiger partial charge is 0.337 e. The quantitative estimate of drug-likeness (QED) is 0.219. The van der Waals surface area contributed by atoms with E-state index in [4.69, 9.17) is 16.3 Å². The number of ether oxygens (including phenoxy) is 1. The van der Waals surface area contributed by atoms with Gasteiger partial charge in [-0.3, -0.25) is 5.43 Å². The largest absolute Gasteiger partial charge is 0.492 e. The second kappa shape index (κ2) is 12.8. The van der Waals surface area contributed by atoms with Crippen molar-refractivity contribution in [1.29, 1.82) is 0 Å². The van der Waals surface area contributed by atoms with Crippen LogP contribution in [-0.2, 0) is 0 Å². The number of hydrogen-bond donors (Lipinski definition) is 2. The molecular weight excluding hydrogens is 388 g/mol. The van der Waals surface area contributed by atoms with Crippen LogP contribution in [0.1, 0.15) is 67.8 Å². The van der Waals surface area contributed by atoms with Crippen LogP contribution in [0.3, 0.4) is 0 Å². The number of carbonyl (C=O) groups is 1. The minimum atomic E-state index is -1.01. The van der Waals surface area contributed by atoms with Crippen LogP contribution in [0.15, 0.2) is 47.6 Å². The molecule has 0 aliphatic rings. The molecule has 156 valence electrons. The van der Waals surface area contributed by atoms with E-state index >= 15 is 0 Å². The Balaban J connectivity index is 1.79. The Bertz CT molecular complexity index is 808. The number of para-hydroxylation sites is 1. The van der Waals surface area contributed by atoms with Gasteiger partial charge in [-0.15, -0.1) is 0 Å². The first kappa shape index (κ1) is 22.8. The summed E-state index contributed by atoms with van der Waals surface area (Å²) in [4.78, 5) is 11.2. The van der Waals surface area contributed by atoms with Crippen molar-refractivity contribution in [2.45, 2.75) is 51.9 Å². The van der Waals surface area contributed by atoms with Crippen LogP contribution in [-0.4, -0.2) is 23.9 Å². The zero-order valence-electron chi connectivity index (χ0n) is 16.9. The molecule has 0 aliphatic heterocycles. The van der Waals surface area contributed by atoms with Gasteiger partial charge in [0.15, 0.2) is 0 Å². The van der Waals surface area contributed by atoms with Crippen molar-refractivity contribution >= 4 is 29.5 Å². The van der Waals surface area contributed by atoms with Crippen LogP contribution in [0.5, 0.6) is 5.75 Å². The van der Waals surface area contributed by atoms with Crippen LogP contribution >= 0.6 is 11.6 Å². The lowest BCUT2D eigenvalue weighted by Gasteiger charge is -2.09. The van der Waals surface area contributed by atoms with Gasteiger partial charge in [0.1, 0.15) is 5.75 Å². The molecule has 2 rings (SSSR count). The van der Waals surface area contributed by atoms with Gasteiger partial charge in [-0.25, -0.2) is 4.79 Å². The van der Waals surface area contributed by atoms with E-state index in [0.29, 0.717) is 23.1 Å². The maximum Gasteiger partial charge on any atom is 0.337 e. The van der Waals surface area contributed by atoms with Gasteiger partial charge in [-0.1, -0.05) is 69.2 Å². The number of aromatic carboxylic acids is 1. The number of anilines is 1. The molecule has 5 nitrogen and oxygen atoms in total. The maximum atomic E-state index is 11.2. The van der Waals surface area contributed by atoms with Gasteiger partial charge in [0.25, 0.3) is 0 Å². The van der Waals surface area contributed by atoms with Crippen molar-refractivity contribution in [3.63, 3.8) is 0 Å². The first-order valence-corrected chi connectivity index (χ1v) is 10.5. The second-order valence-electron chi connectivity index (χ2n) is 6.88. The Morgan fingerprint density at radius 3 is 2.55 bits per heavy atom. The molecule has 0 unspecified atom stereocenters. The molecule has 0 spiro atoms. The predicted molar refractivity (Wildman–Crippen MR) is 120 cm³/mol. The molecule has 0 saturated carbocycles. The molecule has 0 fully saturated rings. The molecule has 0 amide bonds. The third kappa shape index (κ3) is 8.16. The lowest BCUT2D eigenvalue weighted by Crippen LogP contribution is -2.02. The summed E-state index contributed by atoms with van der Waals surface area (Å²) in [6.45, 7) is 2.89. The number of nitrogens with zero attached hydrogens (tertiary/aromatic N) is 1. The van der Waals surface area contributed by atoms with Crippen LogP contribution in [0, 0.1) is 0 Å². The number of carboxylic acid groups (broad SMARTS) is 1. The molecule has 0 aromatic heterocycles. The number of halogens is 1. The van der Waals surface area contributed by atoms with Gasteiger partial charge < -0.3 is 9.84 Å². The molecule has 2 aromatic carbocycles. The molecule has 0 bridgehead atoms. The summed E-state index contributed by atoms with van der Waals surface area (Å²) in [7, 11) is 0. The van der Waals surface area contributed by atoms with E-state index in [0.717, 1.165) is 12.0 Å². The fraction of sp³-hybridized carbons (Fsp3) is 0.391. The highest BCUT2D eigenvalue weighted by Gasteiger charge is 2.07. The molecule has 0 aliphatic carbocycles. The fourth-order valence-corrected chi connectivity index (χ4v) is 3.14. The topological polar surface area (TPSA) is 70.9 Å². The lowest BCUT2D eigenvalue weighted by molar-refractivity contribution is 0.0698. The Hall–Kier alpha value is -2.53. The Morgan fingerprint density at radius 1 is 1.10 bits per heavy atom. The molecule has 6 heteroatoms. The van der Waals surface area contributed by atoms with Crippen LogP contribution in [0.25, 0.3) is 0 Å². The number of carboxylic acids is 1. The van der Waals surface area contributed by atoms with Crippen LogP contribution < -0.4 is 10.2 Å².